The first-order chi connectivity index (χ1) is 9.28. The first kappa shape index (κ1) is 13.1. The third-order valence-electron chi connectivity index (χ3n) is 4.28. The smallest absolute Gasteiger partial charge is 0.151 e. The van der Waals surface area contributed by atoms with E-state index in [1.165, 1.54) is 38.0 Å². The molecular formula is C15H19BrN2O. The molecule has 4 heteroatoms. The highest BCUT2D eigenvalue weighted by Crippen LogP contribution is 2.27. The van der Waals surface area contributed by atoms with Crippen LogP contribution in [0, 0.1) is 0 Å². The van der Waals surface area contributed by atoms with Crippen molar-refractivity contribution in [3.63, 3.8) is 0 Å². The number of anilines is 1. The summed E-state index contributed by atoms with van der Waals surface area (Å²) in [5, 5.41) is 0. The average Bonchev–Trinajstić information content (AvgIpc) is 2.76. The predicted molar refractivity (Wildman–Crippen MR) is 81.0 cm³/mol. The summed E-state index contributed by atoms with van der Waals surface area (Å²) in [4.78, 5) is 16.0. The number of carbonyl (C=O) groups is 1. The van der Waals surface area contributed by atoms with E-state index >= 15 is 0 Å². The summed E-state index contributed by atoms with van der Waals surface area (Å²) in [6.45, 7) is 4.73. The summed E-state index contributed by atoms with van der Waals surface area (Å²) in [6.07, 6.45) is 4.79. The van der Waals surface area contributed by atoms with Gasteiger partial charge in [0.05, 0.1) is 0 Å². The van der Waals surface area contributed by atoms with E-state index in [4.69, 9.17) is 0 Å². The standard InChI is InChI=1S/C15H19BrN2O/c16-15-9-13(5-4-12(15)11-19)18-8-2-7-17-6-1-3-14(17)10-18/h4-5,9,11,14H,1-3,6-8,10H2. The normalized spacial score (nSPS) is 24.1. The lowest BCUT2D eigenvalue weighted by atomic mass is 10.1. The fourth-order valence-electron chi connectivity index (χ4n) is 3.25. The van der Waals surface area contributed by atoms with Crippen molar-refractivity contribution in [1.82, 2.24) is 4.90 Å². The van der Waals surface area contributed by atoms with Gasteiger partial charge in [0.25, 0.3) is 0 Å². The van der Waals surface area contributed by atoms with Crippen LogP contribution in [-0.2, 0) is 0 Å². The molecule has 1 unspecified atom stereocenters. The fourth-order valence-corrected chi connectivity index (χ4v) is 3.71. The molecule has 3 rings (SSSR count). The largest absolute Gasteiger partial charge is 0.370 e. The van der Waals surface area contributed by atoms with Crippen molar-refractivity contribution in [2.24, 2.45) is 0 Å². The maximum atomic E-state index is 10.9. The molecule has 1 aromatic carbocycles. The number of rotatable bonds is 2. The summed E-state index contributed by atoms with van der Waals surface area (Å²) in [5.41, 5.74) is 1.95. The van der Waals surface area contributed by atoms with Crippen molar-refractivity contribution >= 4 is 27.9 Å². The summed E-state index contributed by atoms with van der Waals surface area (Å²) in [7, 11) is 0. The molecule has 0 amide bonds. The molecule has 0 bridgehead atoms. The molecule has 2 heterocycles. The van der Waals surface area contributed by atoms with Gasteiger partial charge in [-0.25, -0.2) is 0 Å². The van der Waals surface area contributed by atoms with Gasteiger partial charge in [-0.2, -0.15) is 0 Å². The molecule has 2 saturated heterocycles. The van der Waals surface area contributed by atoms with Gasteiger partial charge in [-0.3, -0.25) is 9.69 Å². The quantitative estimate of drug-likeness (QED) is 0.782. The molecule has 19 heavy (non-hydrogen) atoms. The first-order valence-corrected chi connectivity index (χ1v) is 7.81. The Balaban J connectivity index is 1.80. The summed E-state index contributed by atoms with van der Waals surface area (Å²) < 4.78 is 0.896. The van der Waals surface area contributed by atoms with Crippen LogP contribution >= 0.6 is 15.9 Å². The van der Waals surface area contributed by atoms with Crippen molar-refractivity contribution in [2.45, 2.75) is 25.3 Å². The molecule has 0 aromatic heterocycles. The molecule has 2 aliphatic rings. The lowest BCUT2D eigenvalue weighted by Crippen LogP contribution is -2.36. The third kappa shape index (κ3) is 2.70. The van der Waals surface area contributed by atoms with Crippen molar-refractivity contribution < 1.29 is 4.79 Å². The van der Waals surface area contributed by atoms with Gasteiger partial charge in [-0.05, 0) is 59.9 Å². The van der Waals surface area contributed by atoms with E-state index in [0.717, 1.165) is 29.4 Å². The van der Waals surface area contributed by atoms with E-state index in [0.29, 0.717) is 6.04 Å². The minimum atomic E-state index is 0.715. The second-order valence-electron chi connectivity index (χ2n) is 5.46. The molecule has 1 atom stereocenters. The Morgan fingerprint density at radius 2 is 2.05 bits per heavy atom. The monoisotopic (exact) mass is 322 g/mol. The number of aldehydes is 1. The van der Waals surface area contributed by atoms with E-state index in [1.54, 1.807) is 0 Å². The van der Waals surface area contributed by atoms with Crippen LogP contribution in [0.5, 0.6) is 0 Å². The van der Waals surface area contributed by atoms with Gasteiger partial charge in [0.2, 0.25) is 0 Å². The van der Waals surface area contributed by atoms with Crippen LogP contribution in [0.4, 0.5) is 5.69 Å². The number of nitrogens with zero attached hydrogens (tertiary/aromatic N) is 2. The molecular weight excluding hydrogens is 304 g/mol. The number of fused-ring (bicyclic) bond motifs is 1. The highest BCUT2D eigenvalue weighted by molar-refractivity contribution is 9.10. The molecule has 0 spiro atoms. The molecule has 0 saturated carbocycles. The molecule has 1 aromatic rings. The van der Waals surface area contributed by atoms with Crippen LogP contribution in [-0.4, -0.2) is 43.4 Å². The summed E-state index contributed by atoms with van der Waals surface area (Å²) >= 11 is 3.48. The van der Waals surface area contributed by atoms with Crippen molar-refractivity contribution in [3.05, 3.63) is 28.2 Å². The number of hydrogen-bond acceptors (Lipinski definition) is 3. The summed E-state index contributed by atoms with van der Waals surface area (Å²) in [6, 6.07) is 6.77. The van der Waals surface area contributed by atoms with E-state index in [9.17, 15) is 4.79 Å². The van der Waals surface area contributed by atoms with Crippen molar-refractivity contribution in [2.75, 3.05) is 31.1 Å². The van der Waals surface area contributed by atoms with Crippen molar-refractivity contribution in [3.8, 4) is 0 Å². The SMILES string of the molecule is O=Cc1ccc(N2CCCN3CCCC3C2)cc1Br. The van der Waals surface area contributed by atoms with Gasteiger partial charge in [0, 0.05) is 41.4 Å². The molecule has 2 fully saturated rings. The lowest BCUT2D eigenvalue weighted by Gasteiger charge is -2.27. The van der Waals surface area contributed by atoms with Gasteiger partial charge in [0.1, 0.15) is 0 Å². The minimum Gasteiger partial charge on any atom is -0.370 e. The van der Waals surface area contributed by atoms with E-state index in [-0.39, 0.29) is 0 Å². The molecule has 3 nitrogen and oxygen atoms in total. The topological polar surface area (TPSA) is 23.6 Å². The second-order valence-corrected chi connectivity index (χ2v) is 6.31. The Bertz CT molecular complexity index is 477. The Hall–Kier alpha value is -0.870. The van der Waals surface area contributed by atoms with Crippen LogP contribution in [0.3, 0.4) is 0 Å². The molecule has 0 radical (unpaired) electrons. The maximum Gasteiger partial charge on any atom is 0.151 e. The van der Waals surface area contributed by atoms with Gasteiger partial charge in [-0.1, -0.05) is 0 Å². The highest BCUT2D eigenvalue weighted by atomic mass is 79.9. The number of halogens is 1. The lowest BCUT2D eigenvalue weighted by molar-refractivity contribution is 0.112. The van der Waals surface area contributed by atoms with E-state index < -0.39 is 0 Å². The second kappa shape index (κ2) is 5.63. The van der Waals surface area contributed by atoms with E-state index in [2.05, 4.69) is 37.9 Å². The van der Waals surface area contributed by atoms with Gasteiger partial charge in [0.15, 0.2) is 6.29 Å². The van der Waals surface area contributed by atoms with Crippen LogP contribution in [0.1, 0.15) is 29.6 Å². The molecule has 0 N–H and O–H groups in total. The predicted octanol–water partition coefficient (Wildman–Crippen LogP) is 2.94. The zero-order chi connectivity index (χ0) is 13.2. The number of hydrogen-bond donors (Lipinski definition) is 0. The Morgan fingerprint density at radius 3 is 2.84 bits per heavy atom. The zero-order valence-corrected chi connectivity index (χ0v) is 12.6. The van der Waals surface area contributed by atoms with Crippen molar-refractivity contribution in [1.29, 1.82) is 0 Å². The van der Waals surface area contributed by atoms with Crippen LogP contribution in [0.25, 0.3) is 0 Å². The minimum absolute atomic E-state index is 0.715. The highest BCUT2D eigenvalue weighted by Gasteiger charge is 2.28. The van der Waals surface area contributed by atoms with Crippen LogP contribution in [0.15, 0.2) is 22.7 Å². The Kier molecular flexibility index (Phi) is 3.89. The first-order valence-electron chi connectivity index (χ1n) is 7.01. The number of benzene rings is 1. The van der Waals surface area contributed by atoms with Crippen LogP contribution < -0.4 is 4.90 Å². The Morgan fingerprint density at radius 1 is 1.21 bits per heavy atom. The molecule has 0 aliphatic carbocycles. The van der Waals surface area contributed by atoms with Gasteiger partial charge < -0.3 is 4.90 Å². The van der Waals surface area contributed by atoms with Gasteiger partial charge in [-0.15, -0.1) is 0 Å². The maximum absolute atomic E-state index is 10.9. The molecule has 102 valence electrons. The molecule has 2 aliphatic heterocycles. The Labute approximate surface area is 122 Å². The number of carbonyl (C=O) groups excluding carboxylic acids is 1. The van der Waals surface area contributed by atoms with Gasteiger partial charge >= 0.3 is 0 Å². The van der Waals surface area contributed by atoms with E-state index in [1.807, 2.05) is 6.07 Å². The zero-order valence-electron chi connectivity index (χ0n) is 11.0. The average molecular weight is 323 g/mol. The third-order valence-corrected chi connectivity index (χ3v) is 4.97. The summed E-state index contributed by atoms with van der Waals surface area (Å²) in [5.74, 6) is 0. The van der Waals surface area contributed by atoms with Crippen LogP contribution in [0.2, 0.25) is 0 Å². The fraction of sp³-hybridized carbons (Fsp3) is 0.533.